The number of rotatable bonds is 4. The summed E-state index contributed by atoms with van der Waals surface area (Å²) in [6.07, 6.45) is 5.07. The quantitative estimate of drug-likeness (QED) is 0.928. The van der Waals surface area contributed by atoms with Gasteiger partial charge in [-0.1, -0.05) is 6.92 Å². The molecule has 100 valence electrons. The molecule has 0 unspecified atom stereocenters. The van der Waals surface area contributed by atoms with Crippen molar-refractivity contribution >= 4 is 21.8 Å². The van der Waals surface area contributed by atoms with E-state index in [2.05, 4.69) is 27.8 Å². The van der Waals surface area contributed by atoms with Crippen LogP contribution in [0.5, 0.6) is 0 Å². The SMILES string of the molecule is CCCO[C@H]1CCCN(C(=O)c2cc(Br)c[nH]2)C1. The third-order valence-corrected chi connectivity index (χ3v) is 3.56. The molecule has 4 nitrogen and oxygen atoms in total. The van der Waals surface area contributed by atoms with E-state index >= 15 is 0 Å². The number of amides is 1. The molecule has 0 spiro atoms. The lowest BCUT2D eigenvalue weighted by Gasteiger charge is -2.32. The summed E-state index contributed by atoms with van der Waals surface area (Å²) in [5.41, 5.74) is 0.637. The molecule has 1 N–H and O–H groups in total. The molecule has 0 saturated carbocycles. The van der Waals surface area contributed by atoms with Gasteiger partial charge in [-0.3, -0.25) is 4.79 Å². The Kier molecular flexibility index (Phi) is 4.83. The first-order valence-corrected chi connectivity index (χ1v) is 7.24. The molecule has 0 aromatic carbocycles. The van der Waals surface area contributed by atoms with Crippen molar-refractivity contribution < 1.29 is 9.53 Å². The Morgan fingerprint density at radius 3 is 3.17 bits per heavy atom. The number of halogens is 1. The van der Waals surface area contributed by atoms with E-state index in [1.54, 1.807) is 6.20 Å². The van der Waals surface area contributed by atoms with Gasteiger partial charge in [0, 0.05) is 30.4 Å². The van der Waals surface area contributed by atoms with Gasteiger partial charge in [0.25, 0.3) is 5.91 Å². The number of aromatic amines is 1. The van der Waals surface area contributed by atoms with E-state index in [1.807, 2.05) is 11.0 Å². The molecule has 5 heteroatoms. The highest BCUT2D eigenvalue weighted by Gasteiger charge is 2.25. The average molecular weight is 315 g/mol. The number of H-pyrrole nitrogens is 1. The van der Waals surface area contributed by atoms with Gasteiger partial charge in [-0.05, 0) is 41.3 Å². The normalized spacial score (nSPS) is 20.1. The summed E-state index contributed by atoms with van der Waals surface area (Å²) in [7, 11) is 0. The fourth-order valence-electron chi connectivity index (χ4n) is 2.20. The molecule has 1 amide bonds. The van der Waals surface area contributed by atoms with Gasteiger partial charge in [0.15, 0.2) is 0 Å². The molecule has 0 radical (unpaired) electrons. The molecule has 1 fully saturated rings. The molecule has 1 aromatic heterocycles. The van der Waals surface area contributed by atoms with Crippen LogP contribution in [0.4, 0.5) is 0 Å². The number of nitrogens with one attached hydrogen (secondary N) is 1. The molecule has 2 rings (SSSR count). The molecule has 2 heterocycles. The minimum Gasteiger partial charge on any atom is -0.376 e. The number of aromatic nitrogens is 1. The second-order valence-corrected chi connectivity index (χ2v) is 5.53. The maximum Gasteiger partial charge on any atom is 0.270 e. The summed E-state index contributed by atoms with van der Waals surface area (Å²) in [4.78, 5) is 17.1. The Morgan fingerprint density at radius 1 is 1.67 bits per heavy atom. The van der Waals surface area contributed by atoms with E-state index in [0.717, 1.165) is 36.9 Å². The number of carbonyl (C=O) groups is 1. The third kappa shape index (κ3) is 3.36. The Bertz CT molecular complexity index is 405. The lowest BCUT2D eigenvalue weighted by molar-refractivity contribution is 0.00194. The maximum atomic E-state index is 12.3. The number of carbonyl (C=O) groups excluding carboxylic acids is 1. The molecular weight excluding hydrogens is 296 g/mol. The topological polar surface area (TPSA) is 45.3 Å². The highest BCUT2D eigenvalue weighted by Crippen LogP contribution is 2.18. The number of hydrogen-bond donors (Lipinski definition) is 1. The van der Waals surface area contributed by atoms with Gasteiger partial charge in [-0.15, -0.1) is 0 Å². The largest absolute Gasteiger partial charge is 0.376 e. The van der Waals surface area contributed by atoms with Gasteiger partial charge in [-0.25, -0.2) is 0 Å². The molecule has 1 aliphatic rings. The zero-order valence-electron chi connectivity index (χ0n) is 10.6. The fourth-order valence-corrected chi connectivity index (χ4v) is 2.55. The average Bonchev–Trinajstić information content (AvgIpc) is 2.82. The van der Waals surface area contributed by atoms with Crippen LogP contribution in [0.15, 0.2) is 16.7 Å². The molecule has 1 aliphatic heterocycles. The lowest BCUT2D eigenvalue weighted by Crippen LogP contribution is -2.43. The number of ether oxygens (including phenoxy) is 1. The van der Waals surface area contributed by atoms with Crippen LogP contribution in [0, 0.1) is 0 Å². The Morgan fingerprint density at radius 2 is 2.50 bits per heavy atom. The van der Waals surface area contributed by atoms with E-state index in [4.69, 9.17) is 4.74 Å². The molecule has 1 atom stereocenters. The van der Waals surface area contributed by atoms with E-state index in [0.29, 0.717) is 12.2 Å². The van der Waals surface area contributed by atoms with Crippen molar-refractivity contribution in [2.75, 3.05) is 19.7 Å². The number of piperidine rings is 1. The molecule has 18 heavy (non-hydrogen) atoms. The standard InChI is InChI=1S/C13H19BrN2O2/c1-2-6-18-11-4-3-5-16(9-11)13(17)12-7-10(14)8-15-12/h7-8,11,15H,2-6,9H2,1H3/t11-/m0/s1. The van der Waals surface area contributed by atoms with Gasteiger partial charge in [0.05, 0.1) is 6.10 Å². The van der Waals surface area contributed by atoms with Crippen LogP contribution in [0.1, 0.15) is 36.7 Å². The molecule has 1 saturated heterocycles. The second kappa shape index (κ2) is 6.38. The zero-order chi connectivity index (χ0) is 13.0. The Labute approximate surface area is 116 Å². The lowest BCUT2D eigenvalue weighted by atomic mass is 10.1. The van der Waals surface area contributed by atoms with E-state index in [9.17, 15) is 4.79 Å². The predicted octanol–water partition coefficient (Wildman–Crippen LogP) is 2.81. The van der Waals surface area contributed by atoms with Gasteiger partial charge in [0.1, 0.15) is 5.69 Å². The van der Waals surface area contributed by atoms with Crippen LogP contribution in [-0.4, -0.2) is 41.6 Å². The maximum absolute atomic E-state index is 12.3. The highest BCUT2D eigenvalue weighted by atomic mass is 79.9. The summed E-state index contributed by atoms with van der Waals surface area (Å²) in [6.45, 7) is 4.40. The first-order chi connectivity index (χ1) is 8.70. The summed E-state index contributed by atoms with van der Waals surface area (Å²) in [5.74, 6) is 0.0606. The van der Waals surface area contributed by atoms with Gasteiger partial charge < -0.3 is 14.6 Å². The number of nitrogens with zero attached hydrogens (tertiary/aromatic N) is 1. The van der Waals surface area contributed by atoms with E-state index < -0.39 is 0 Å². The van der Waals surface area contributed by atoms with Gasteiger partial charge in [0.2, 0.25) is 0 Å². The van der Waals surface area contributed by atoms with Gasteiger partial charge in [-0.2, -0.15) is 0 Å². The molecular formula is C13H19BrN2O2. The fraction of sp³-hybridized carbons (Fsp3) is 0.615. The van der Waals surface area contributed by atoms with Crippen LogP contribution < -0.4 is 0 Å². The van der Waals surface area contributed by atoms with Crippen LogP contribution in [0.25, 0.3) is 0 Å². The highest BCUT2D eigenvalue weighted by molar-refractivity contribution is 9.10. The zero-order valence-corrected chi connectivity index (χ0v) is 12.2. The summed E-state index contributed by atoms with van der Waals surface area (Å²) in [5, 5.41) is 0. The minimum atomic E-state index is 0.0606. The van der Waals surface area contributed by atoms with Crippen LogP contribution in [-0.2, 0) is 4.74 Å². The summed E-state index contributed by atoms with van der Waals surface area (Å²) >= 11 is 3.34. The smallest absolute Gasteiger partial charge is 0.270 e. The van der Waals surface area contributed by atoms with Crippen molar-refractivity contribution in [3.63, 3.8) is 0 Å². The molecule has 0 aliphatic carbocycles. The second-order valence-electron chi connectivity index (χ2n) is 4.62. The summed E-state index contributed by atoms with van der Waals surface area (Å²) < 4.78 is 6.64. The Balaban J connectivity index is 1.94. The first kappa shape index (κ1) is 13.6. The third-order valence-electron chi connectivity index (χ3n) is 3.10. The van der Waals surface area contributed by atoms with Crippen LogP contribution in [0.2, 0.25) is 0 Å². The van der Waals surface area contributed by atoms with Gasteiger partial charge >= 0.3 is 0 Å². The number of hydrogen-bond acceptors (Lipinski definition) is 2. The van der Waals surface area contributed by atoms with E-state index in [1.165, 1.54) is 0 Å². The Hall–Kier alpha value is -0.810. The minimum absolute atomic E-state index is 0.0606. The van der Waals surface area contributed by atoms with Crippen molar-refractivity contribution in [2.45, 2.75) is 32.3 Å². The molecule has 0 bridgehead atoms. The monoisotopic (exact) mass is 314 g/mol. The first-order valence-electron chi connectivity index (χ1n) is 6.45. The summed E-state index contributed by atoms with van der Waals surface area (Å²) in [6, 6.07) is 1.82. The van der Waals surface area contributed by atoms with Crippen molar-refractivity contribution in [2.24, 2.45) is 0 Å². The van der Waals surface area contributed by atoms with Crippen molar-refractivity contribution in [1.82, 2.24) is 9.88 Å². The van der Waals surface area contributed by atoms with Crippen LogP contribution >= 0.6 is 15.9 Å². The van der Waals surface area contributed by atoms with Crippen molar-refractivity contribution in [3.8, 4) is 0 Å². The predicted molar refractivity (Wildman–Crippen MR) is 73.7 cm³/mol. The van der Waals surface area contributed by atoms with Crippen molar-refractivity contribution in [1.29, 1.82) is 0 Å². The van der Waals surface area contributed by atoms with E-state index in [-0.39, 0.29) is 12.0 Å². The van der Waals surface area contributed by atoms with Crippen molar-refractivity contribution in [3.05, 3.63) is 22.4 Å². The van der Waals surface area contributed by atoms with Crippen LogP contribution in [0.3, 0.4) is 0 Å². The number of likely N-dealkylation sites (tertiary alicyclic amines) is 1. The molecule has 1 aromatic rings.